The van der Waals surface area contributed by atoms with Gasteiger partial charge in [-0.1, -0.05) is 41.6 Å². The van der Waals surface area contributed by atoms with Crippen molar-refractivity contribution in [3.63, 3.8) is 0 Å². The van der Waals surface area contributed by atoms with E-state index in [2.05, 4.69) is 0 Å². The molecule has 4 heterocycles. The molecule has 0 unspecified atom stereocenters. The van der Waals surface area contributed by atoms with Crippen LogP contribution in [-0.2, 0) is 17.8 Å². The van der Waals surface area contributed by atoms with Gasteiger partial charge < -0.3 is 4.74 Å². The lowest BCUT2D eigenvalue weighted by atomic mass is 9.94. The highest BCUT2D eigenvalue weighted by Gasteiger charge is 2.35. The molecule has 0 saturated heterocycles. The number of carbonyl (C=O) groups excluding carboxylic acids is 2. The molecule has 0 bridgehead atoms. The average molecular weight is 532 g/mol. The standard InChI is InChI=1S/C28H25N3O4S2/c1-16-8-10-17(11-9-16)31-26(34)22-20-14-28(2,3)35-15-21(20)37-23(22)29-27(31)36-13-12-30-24(32)18-6-4-5-7-19(18)25(30)33/h4-11H,12-15H2,1-3H3. The fourth-order valence-corrected chi connectivity index (χ4v) is 6.94. The molecule has 2 aromatic carbocycles. The molecule has 2 aliphatic heterocycles. The second-order valence-corrected chi connectivity index (χ2v) is 12.1. The van der Waals surface area contributed by atoms with Crippen LogP contribution in [0.15, 0.2) is 58.5 Å². The Morgan fingerprint density at radius 2 is 1.70 bits per heavy atom. The number of imide groups is 1. The van der Waals surface area contributed by atoms with Crippen molar-refractivity contribution in [3.8, 4) is 5.69 Å². The van der Waals surface area contributed by atoms with Gasteiger partial charge in [0.2, 0.25) is 0 Å². The molecule has 0 spiro atoms. The number of fused-ring (bicyclic) bond motifs is 4. The SMILES string of the molecule is Cc1ccc(-n2c(SCCN3C(=O)c4ccccc4C3=O)nc3sc4c(c3c2=O)CC(C)(C)OC4)cc1. The van der Waals surface area contributed by atoms with E-state index in [1.807, 2.05) is 45.0 Å². The van der Waals surface area contributed by atoms with Crippen molar-refractivity contribution < 1.29 is 14.3 Å². The number of thioether (sulfide) groups is 1. The van der Waals surface area contributed by atoms with Gasteiger partial charge >= 0.3 is 0 Å². The van der Waals surface area contributed by atoms with Crippen molar-refractivity contribution in [2.75, 3.05) is 12.3 Å². The molecule has 2 amide bonds. The van der Waals surface area contributed by atoms with Crippen LogP contribution in [0.2, 0.25) is 0 Å². The lowest BCUT2D eigenvalue weighted by Crippen LogP contribution is -2.32. The van der Waals surface area contributed by atoms with E-state index in [-0.39, 0.29) is 29.5 Å². The minimum Gasteiger partial charge on any atom is -0.370 e. The Bertz CT molecular complexity index is 1600. The molecule has 0 N–H and O–H groups in total. The Labute approximate surface area is 222 Å². The maximum Gasteiger partial charge on any atom is 0.267 e. The Morgan fingerprint density at radius 1 is 1.03 bits per heavy atom. The fourth-order valence-electron chi connectivity index (χ4n) is 4.86. The molecular weight excluding hydrogens is 506 g/mol. The number of aryl methyl sites for hydroxylation is 1. The summed E-state index contributed by atoms with van der Waals surface area (Å²) in [5.41, 5.74) is 3.27. The van der Waals surface area contributed by atoms with Gasteiger partial charge in [0, 0.05) is 23.6 Å². The zero-order chi connectivity index (χ0) is 25.9. The number of rotatable bonds is 5. The number of thiophene rings is 1. The molecule has 2 aliphatic rings. The Balaban J connectivity index is 1.37. The summed E-state index contributed by atoms with van der Waals surface area (Å²) in [6.07, 6.45) is 0.652. The first-order valence-electron chi connectivity index (χ1n) is 12.1. The van der Waals surface area contributed by atoms with Crippen LogP contribution >= 0.6 is 23.1 Å². The maximum atomic E-state index is 14.0. The van der Waals surface area contributed by atoms with Gasteiger partial charge in [0.25, 0.3) is 17.4 Å². The van der Waals surface area contributed by atoms with Crippen LogP contribution in [-0.4, -0.2) is 44.2 Å². The van der Waals surface area contributed by atoms with Crippen molar-refractivity contribution in [3.05, 3.63) is 86.0 Å². The summed E-state index contributed by atoms with van der Waals surface area (Å²) in [5.74, 6) is -0.153. The quantitative estimate of drug-likeness (QED) is 0.205. The van der Waals surface area contributed by atoms with E-state index in [0.717, 1.165) is 21.7 Å². The molecule has 0 radical (unpaired) electrons. The number of hydrogen-bond donors (Lipinski definition) is 0. The first kappa shape index (κ1) is 24.1. The van der Waals surface area contributed by atoms with Gasteiger partial charge in [0.1, 0.15) is 4.83 Å². The van der Waals surface area contributed by atoms with Crippen LogP contribution < -0.4 is 5.56 Å². The Hall–Kier alpha value is -3.27. The number of ether oxygens (including phenoxy) is 1. The van der Waals surface area contributed by atoms with Crippen molar-refractivity contribution in [2.24, 2.45) is 0 Å². The van der Waals surface area contributed by atoms with Gasteiger partial charge in [0.05, 0.1) is 34.4 Å². The molecule has 4 aromatic rings. The van der Waals surface area contributed by atoms with Crippen molar-refractivity contribution in [1.29, 1.82) is 0 Å². The molecule has 0 saturated carbocycles. The highest BCUT2D eigenvalue weighted by molar-refractivity contribution is 7.99. The topological polar surface area (TPSA) is 81.5 Å². The monoisotopic (exact) mass is 531 g/mol. The predicted molar refractivity (Wildman–Crippen MR) is 145 cm³/mol. The Kier molecular flexibility index (Phi) is 5.82. The van der Waals surface area contributed by atoms with Gasteiger partial charge in [-0.2, -0.15) is 0 Å². The van der Waals surface area contributed by atoms with Gasteiger partial charge in [-0.05, 0) is 50.6 Å². The third-order valence-corrected chi connectivity index (χ3v) is 8.81. The summed E-state index contributed by atoms with van der Waals surface area (Å²) in [5, 5.41) is 1.19. The van der Waals surface area contributed by atoms with E-state index in [0.29, 0.717) is 45.3 Å². The van der Waals surface area contributed by atoms with E-state index in [1.165, 1.54) is 28.0 Å². The first-order chi connectivity index (χ1) is 17.7. The second kappa shape index (κ2) is 8.93. The number of aromatic nitrogens is 2. The predicted octanol–water partition coefficient (Wildman–Crippen LogP) is 5.00. The van der Waals surface area contributed by atoms with Gasteiger partial charge in [-0.15, -0.1) is 11.3 Å². The molecule has 7 nitrogen and oxygen atoms in total. The third-order valence-electron chi connectivity index (χ3n) is 6.79. The summed E-state index contributed by atoms with van der Waals surface area (Å²) < 4.78 is 7.64. The molecular formula is C28H25N3O4S2. The van der Waals surface area contributed by atoms with Crippen LogP contribution in [0.25, 0.3) is 15.9 Å². The molecule has 2 aromatic heterocycles. The van der Waals surface area contributed by atoms with Crippen molar-refractivity contribution >= 4 is 45.1 Å². The minimum absolute atomic E-state index is 0.104. The van der Waals surface area contributed by atoms with Crippen molar-refractivity contribution in [1.82, 2.24) is 14.5 Å². The smallest absolute Gasteiger partial charge is 0.267 e. The average Bonchev–Trinajstić information content (AvgIpc) is 3.34. The Morgan fingerprint density at radius 3 is 2.38 bits per heavy atom. The van der Waals surface area contributed by atoms with Gasteiger partial charge in [0.15, 0.2) is 5.16 Å². The van der Waals surface area contributed by atoms with Crippen LogP contribution in [0.4, 0.5) is 0 Å². The normalized spacial score (nSPS) is 16.4. The zero-order valence-corrected chi connectivity index (χ0v) is 22.4. The maximum absolute atomic E-state index is 14.0. The lowest BCUT2D eigenvalue weighted by molar-refractivity contribution is -0.0379. The number of nitrogens with zero attached hydrogens (tertiary/aromatic N) is 3. The number of carbonyl (C=O) groups is 2. The second-order valence-electron chi connectivity index (χ2n) is 9.94. The summed E-state index contributed by atoms with van der Waals surface area (Å²) in [7, 11) is 0. The molecule has 0 atom stereocenters. The largest absolute Gasteiger partial charge is 0.370 e. The molecule has 6 rings (SSSR count). The first-order valence-corrected chi connectivity index (χ1v) is 13.9. The van der Waals surface area contributed by atoms with Gasteiger partial charge in [-0.3, -0.25) is 23.9 Å². The minimum atomic E-state index is -0.345. The van der Waals surface area contributed by atoms with E-state index in [9.17, 15) is 14.4 Å². The number of amides is 2. The third kappa shape index (κ3) is 4.11. The fraction of sp³-hybridized carbons (Fsp3) is 0.286. The summed E-state index contributed by atoms with van der Waals surface area (Å²) >= 11 is 2.88. The molecule has 0 fully saturated rings. The summed E-state index contributed by atoms with van der Waals surface area (Å²) in [6, 6.07) is 14.7. The lowest BCUT2D eigenvalue weighted by Gasteiger charge is -2.29. The van der Waals surface area contributed by atoms with Crippen LogP contribution in [0.1, 0.15) is 50.6 Å². The molecule has 0 aliphatic carbocycles. The van der Waals surface area contributed by atoms with Crippen LogP contribution in [0, 0.1) is 6.92 Å². The van der Waals surface area contributed by atoms with Gasteiger partial charge in [-0.25, -0.2) is 4.98 Å². The summed E-state index contributed by atoms with van der Waals surface area (Å²) in [6.45, 7) is 6.77. The highest BCUT2D eigenvalue weighted by atomic mass is 32.2. The molecule has 37 heavy (non-hydrogen) atoms. The highest BCUT2D eigenvalue weighted by Crippen LogP contribution is 2.38. The van der Waals surface area contributed by atoms with E-state index in [4.69, 9.17) is 9.72 Å². The van der Waals surface area contributed by atoms with E-state index >= 15 is 0 Å². The van der Waals surface area contributed by atoms with Crippen molar-refractivity contribution in [2.45, 2.75) is 44.6 Å². The number of benzene rings is 2. The number of hydrogen-bond acceptors (Lipinski definition) is 7. The van der Waals surface area contributed by atoms with Crippen LogP contribution in [0.3, 0.4) is 0 Å². The van der Waals surface area contributed by atoms with Crippen LogP contribution in [0.5, 0.6) is 0 Å². The van der Waals surface area contributed by atoms with E-state index < -0.39 is 0 Å². The van der Waals surface area contributed by atoms with E-state index in [1.54, 1.807) is 28.8 Å². The molecule has 188 valence electrons. The summed E-state index contributed by atoms with van der Waals surface area (Å²) in [4.78, 5) is 47.5. The molecule has 9 heteroatoms. The zero-order valence-electron chi connectivity index (χ0n) is 20.7.